The number of aromatic nitrogens is 1. The molecule has 106 valence electrons. The van der Waals surface area contributed by atoms with Crippen LogP contribution in [-0.4, -0.2) is 25.6 Å². The predicted molar refractivity (Wildman–Crippen MR) is 85.4 cm³/mol. The van der Waals surface area contributed by atoms with Crippen LogP contribution >= 0.6 is 11.6 Å². The van der Waals surface area contributed by atoms with Crippen molar-refractivity contribution >= 4 is 17.4 Å². The molecule has 4 heteroatoms. The minimum atomic E-state index is 0.680. The van der Waals surface area contributed by atoms with E-state index in [1.54, 1.807) is 0 Å². The molecular formula is C16H20ClN3. The van der Waals surface area contributed by atoms with E-state index >= 15 is 0 Å². The van der Waals surface area contributed by atoms with Gasteiger partial charge in [-0.15, -0.1) is 0 Å². The van der Waals surface area contributed by atoms with Gasteiger partial charge in [0.25, 0.3) is 0 Å². The van der Waals surface area contributed by atoms with E-state index in [4.69, 9.17) is 11.6 Å². The largest absolute Gasteiger partial charge is 0.359 e. The molecule has 0 aliphatic rings. The molecule has 0 amide bonds. The van der Waals surface area contributed by atoms with Gasteiger partial charge in [-0.25, -0.2) is 4.98 Å². The van der Waals surface area contributed by atoms with Crippen molar-refractivity contribution in [1.82, 2.24) is 10.3 Å². The van der Waals surface area contributed by atoms with Crippen molar-refractivity contribution in [2.45, 2.75) is 13.0 Å². The van der Waals surface area contributed by atoms with Crippen molar-refractivity contribution in [2.75, 3.05) is 25.5 Å². The maximum absolute atomic E-state index is 6.13. The minimum Gasteiger partial charge on any atom is -0.359 e. The summed E-state index contributed by atoms with van der Waals surface area (Å²) in [6.07, 6.45) is 1.00. The molecule has 0 saturated heterocycles. The summed E-state index contributed by atoms with van der Waals surface area (Å²) >= 11 is 6.13. The first-order valence-electron chi connectivity index (χ1n) is 6.76. The molecule has 0 unspecified atom stereocenters. The van der Waals surface area contributed by atoms with Gasteiger partial charge in [0.15, 0.2) is 0 Å². The lowest BCUT2D eigenvalue weighted by Gasteiger charge is -2.19. The van der Waals surface area contributed by atoms with E-state index in [9.17, 15) is 0 Å². The quantitative estimate of drug-likeness (QED) is 0.885. The normalized spacial score (nSPS) is 10.6. The topological polar surface area (TPSA) is 28.2 Å². The van der Waals surface area contributed by atoms with Gasteiger partial charge in [0, 0.05) is 20.1 Å². The Hall–Kier alpha value is -1.58. The molecule has 1 aromatic heterocycles. The molecule has 0 bridgehead atoms. The van der Waals surface area contributed by atoms with Gasteiger partial charge < -0.3 is 10.2 Å². The molecule has 0 aliphatic heterocycles. The van der Waals surface area contributed by atoms with Gasteiger partial charge in [0.2, 0.25) is 0 Å². The Bertz CT molecular complexity index is 543. The summed E-state index contributed by atoms with van der Waals surface area (Å²) < 4.78 is 0. The van der Waals surface area contributed by atoms with Gasteiger partial charge in [-0.1, -0.05) is 41.9 Å². The fourth-order valence-electron chi connectivity index (χ4n) is 2.03. The zero-order valence-electron chi connectivity index (χ0n) is 11.9. The van der Waals surface area contributed by atoms with Crippen LogP contribution in [0.2, 0.25) is 5.02 Å². The summed E-state index contributed by atoms with van der Waals surface area (Å²) in [6.45, 7) is 1.61. The fourth-order valence-corrected chi connectivity index (χ4v) is 2.20. The van der Waals surface area contributed by atoms with Crippen LogP contribution < -0.4 is 10.2 Å². The summed E-state index contributed by atoms with van der Waals surface area (Å²) in [5.41, 5.74) is 2.22. The lowest BCUT2D eigenvalue weighted by atomic mass is 10.1. The maximum Gasteiger partial charge on any atom is 0.128 e. The Morgan fingerprint density at radius 3 is 2.60 bits per heavy atom. The number of rotatable bonds is 6. The third-order valence-corrected chi connectivity index (χ3v) is 3.56. The number of benzene rings is 1. The lowest BCUT2D eigenvalue weighted by Crippen LogP contribution is -2.22. The highest BCUT2D eigenvalue weighted by atomic mass is 35.5. The average molecular weight is 290 g/mol. The van der Waals surface area contributed by atoms with Crippen molar-refractivity contribution in [1.29, 1.82) is 0 Å². The summed E-state index contributed by atoms with van der Waals surface area (Å²) in [6, 6.07) is 14.4. The zero-order valence-corrected chi connectivity index (χ0v) is 12.7. The number of halogens is 1. The molecule has 0 radical (unpaired) electrons. The molecule has 0 fully saturated rings. The third-order valence-electron chi connectivity index (χ3n) is 3.22. The van der Waals surface area contributed by atoms with Crippen molar-refractivity contribution in [3.05, 3.63) is 58.7 Å². The Morgan fingerprint density at radius 2 is 1.90 bits per heavy atom. The summed E-state index contributed by atoms with van der Waals surface area (Å²) in [5.74, 6) is 0.954. The number of hydrogen-bond donors (Lipinski definition) is 1. The Kier molecular flexibility index (Phi) is 5.39. The number of anilines is 1. The number of hydrogen-bond acceptors (Lipinski definition) is 3. The molecular weight excluding hydrogens is 270 g/mol. The van der Waals surface area contributed by atoms with Gasteiger partial charge in [-0.2, -0.15) is 0 Å². The highest BCUT2D eigenvalue weighted by Crippen LogP contribution is 2.18. The number of likely N-dealkylation sites (N-methyl/N-ethyl adjacent to an activating group) is 1. The highest BCUT2D eigenvalue weighted by Gasteiger charge is 2.07. The van der Waals surface area contributed by atoms with E-state index < -0.39 is 0 Å². The third kappa shape index (κ3) is 3.95. The smallest absolute Gasteiger partial charge is 0.128 e. The lowest BCUT2D eigenvalue weighted by molar-refractivity contribution is 0.781. The number of nitrogens with zero attached hydrogens (tertiary/aromatic N) is 2. The molecule has 0 atom stereocenters. The first kappa shape index (κ1) is 14.8. The summed E-state index contributed by atoms with van der Waals surface area (Å²) in [7, 11) is 3.95. The molecule has 20 heavy (non-hydrogen) atoms. The number of pyridine rings is 1. The van der Waals surface area contributed by atoms with Crippen LogP contribution in [0.3, 0.4) is 0 Å². The van der Waals surface area contributed by atoms with E-state index in [-0.39, 0.29) is 0 Å². The van der Waals surface area contributed by atoms with E-state index in [0.29, 0.717) is 11.6 Å². The molecule has 1 heterocycles. The Labute approximate surface area is 125 Å². The second kappa shape index (κ2) is 7.27. The van der Waals surface area contributed by atoms with Crippen molar-refractivity contribution in [3.8, 4) is 0 Å². The van der Waals surface area contributed by atoms with Crippen LogP contribution in [0.25, 0.3) is 0 Å². The van der Waals surface area contributed by atoms with Crippen LogP contribution in [0, 0.1) is 0 Å². The maximum atomic E-state index is 6.13. The van der Waals surface area contributed by atoms with Crippen LogP contribution in [0.4, 0.5) is 5.82 Å². The Morgan fingerprint density at radius 1 is 1.15 bits per heavy atom. The summed E-state index contributed by atoms with van der Waals surface area (Å²) in [5, 5.41) is 3.79. The molecule has 3 nitrogen and oxygen atoms in total. The molecule has 2 aromatic rings. The molecule has 1 aromatic carbocycles. The van der Waals surface area contributed by atoms with Gasteiger partial charge in [-0.3, -0.25) is 0 Å². The second-order valence-corrected chi connectivity index (χ2v) is 5.19. The predicted octanol–water partition coefficient (Wildman–Crippen LogP) is 3.13. The highest BCUT2D eigenvalue weighted by molar-refractivity contribution is 6.31. The van der Waals surface area contributed by atoms with Crippen LogP contribution in [0.5, 0.6) is 0 Å². The molecule has 2 rings (SSSR count). The van der Waals surface area contributed by atoms with E-state index in [2.05, 4.69) is 46.5 Å². The van der Waals surface area contributed by atoms with Crippen molar-refractivity contribution in [3.63, 3.8) is 0 Å². The second-order valence-electron chi connectivity index (χ2n) is 4.79. The van der Waals surface area contributed by atoms with Crippen LogP contribution in [-0.2, 0) is 13.0 Å². The minimum absolute atomic E-state index is 0.680. The SMILES string of the molecule is CNCc1nc(N(C)CCc2ccccc2)ccc1Cl. The van der Waals surface area contributed by atoms with Gasteiger partial charge in [-0.05, 0) is 31.2 Å². The van der Waals surface area contributed by atoms with Gasteiger partial charge in [0.1, 0.15) is 5.82 Å². The molecule has 0 spiro atoms. The van der Waals surface area contributed by atoms with E-state index in [0.717, 1.165) is 24.5 Å². The average Bonchev–Trinajstić information content (AvgIpc) is 2.48. The Balaban J connectivity index is 2.01. The monoisotopic (exact) mass is 289 g/mol. The van der Waals surface area contributed by atoms with Crippen LogP contribution in [0.15, 0.2) is 42.5 Å². The zero-order chi connectivity index (χ0) is 14.4. The van der Waals surface area contributed by atoms with Gasteiger partial charge >= 0.3 is 0 Å². The molecule has 1 N–H and O–H groups in total. The fraction of sp³-hybridized carbons (Fsp3) is 0.312. The van der Waals surface area contributed by atoms with Gasteiger partial charge in [0.05, 0.1) is 10.7 Å². The first-order valence-corrected chi connectivity index (χ1v) is 7.13. The van der Waals surface area contributed by atoms with Crippen LogP contribution in [0.1, 0.15) is 11.3 Å². The van der Waals surface area contributed by atoms with Crippen molar-refractivity contribution in [2.24, 2.45) is 0 Å². The standard InChI is InChI=1S/C16H20ClN3/c1-18-12-15-14(17)8-9-16(19-15)20(2)11-10-13-6-4-3-5-7-13/h3-9,18H,10-12H2,1-2H3. The molecule has 0 saturated carbocycles. The van der Waals surface area contributed by atoms with E-state index in [1.807, 2.05) is 25.2 Å². The van der Waals surface area contributed by atoms with Crippen molar-refractivity contribution < 1.29 is 0 Å². The first-order chi connectivity index (χ1) is 9.70. The summed E-state index contributed by atoms with van der Waals surface area (Å²) in [4.78, 5) is 6.76. The van der Waals surface area contributed by atoms with E-state index in [1.165, 1.54) is 5.56 Å². The number of nitrogens with one attached hydrogen (secondary N) is 1. The molecule has 0 aliphatic carbocycles.